The number of pyridine rings is 1. The molecule has 1 heterocycles. The van der Waals surface area contributed by atoms with Gasteiger partial charge in [-0.3, -0.25) is 9.59 Å². The number of benzene rings is 1. The molecule has 1 aliphatic carbocycles. The normalized spacial score (nSPS) is 13.5. The van der Waals surface area contributed by atoms with Crippen LogP contribution < -0.4 is 4.18 Å². The maximum atomic E-state index is 12.7. The number of amides is 1. The highest BCUT2D eigenvalue weighted by Crippen LogP contribution is 2.35. The molecule has 33 heavy (non-hydrogen) atoms. The van der Waals surface area contributed by atoms with Gasteiger partial charge in [-0.05, 0) is 56.4 Å². The zero-order chi connectivity index (χ0) is 24.2. The maximum Gasteiger partial charge on any atom is 0.310 e. The van der Waals surface area contributed by atoms with E-state index in [1.54, 1.807) is 13.0 Å². The van der Waals surface area contributed by atoms with E-state index in [2.05, 4.69) is 4.98 Å². The molecule has 3 rings (SSSR count). The Labute approximate surface area is 195 Å². The number of nitrogens with zero attached hydrogens (tertiary/aromatic N) is 2. The predicted octanol–water partition coefficient (Wildman–Crippen LogP) is 3.26. The van der Waals surface area contributed by atoms with E-state index in [0.717, 1.165) is 30.2 Å². The molecule has 0 atom stereocenters. The van der Waals surface area contributed by atoms with Crippen LogP contribution in [-0.4, -0.2) is 49.6 Å². The van der Waals surface area contributed by atoms with Gasteiger partial charge in [0.2, 0.25) is 11.8 Å². The van der Waals surface area contributed by atoms with E-state index in [1.165, 1.54) is 6.20 Å². The summed E-state index contributed by atoms with van der Waals surface area (Å²) in [4.78, 5) is 30.7. The van der Waals surface area contributed by atoms with Crippen molar-refractivity contribution < 1.29 is 26.9 Å². The standard InChI is InChI=1S/C24H30N2O6S/c1-5-26(24(28)18-8-9-18)15-19-11-16(3)7-10-20(19)21-12-17(13-22(27)31-6-2)14-25-23(21)32-33(4,29)30/h7,10-12,14,18H,5-6,8-9,13,15H2,1-4H3. The Balaban J connectivity index is 2.06. The second-order valence-electron chi connectivity index (χ2n) is 8.25. The van der Waals surface area contributed by atoms with Crippen LogP contribution in [0.15, 0.2) is 30.5 Å². The topological polar surface area (TPSA) is 103 Å². The van der Waals surface area contributed by atoms with E-state index in [-0.39, 0.29) is 30.7 Å². The van der Waals surface area contributed by atoms with Gasteiger partial charge < -0.3 is 13.8 Å². The highest BCUT2D eigenvalue weighted by atomic mass is 32.2. The van der Waals surface area contributed by atoms with Gasteiger partial charge in [0.05, 0.1) is 19.3 Å². The average Bonchev–Trinajstić information content (AvgIpc) is 3.57. The quantitative estimate of drug-likeness (QED) is 0.385. The van der Waals surface area contributed by atoms with Crippen LogP contribution in [0.3, 0.4) is 0 Å². The fraction of sp³-hybridized carbons (Fsp3) is 0.458. The van der Waals surface area contributed by atoms with Crippen LogP contribution in [-0.2, 0) is 37.4 Å². The molecule has 0 radical (unpaired) electrons. The van der Waals surface area contributed by atoms with Crippen LogP contribution in [0.1, 0.15) is 43.4 Å². The van der Waals surface area contributed by atoms with E-state index < -0.39 is 16.1 Å². The van der Waals surface area contributed by atoms with Crippen LogP contribution >= 0.6 is 0 Å². The van der Waals surface area contributed by atoms with Crippen molar-refractivity contribution in [3.05, 3.63) is 47.2 Å². The third-order valence-corrected chi connectivity index (χ3v) is 5.78. The smallest absolute Gasteiger partial charge is 0.310 e. The van der Waals surface area contributed by atoms with Gasteiger partial charge in [0, 0.05) is 30.8 Å². The minimum absolute atomic E-state index is 0.00452. The molecular weight excluding hydrogens is 444 g/mol. The van der Waals surface area contributed by atoms with Crippen molar-refractivity contribution in [1.82, 2.24) is 9.88 Å². The van der Waals surface area contributed by atoms with E-state index in [0.29, 0.717) is 29.8 Å². The lowest BCUT2D eigenvalue weighted by Gasteiger charge is -2.23. The molecule has 1 fully saturated rings. The second-order valence-corrected chi connectivity index (χ2v) is 9.83. The fourth-order valence-corrected chi connectivity index (χ4v) is 4.05. The monoisotopic (exact) mass is 474 g/mol. The lowest BCUT2D eigenvalue weighted by atomic mass is 9.96. The van der Waals surface area contributed by atoms with Crippen molar-refractivity contribution in [3.8, 4) is 17.0 Å². The summed E-state index contributed by atoms with van der Waals surface area (Å²) >= 11 is 0. The van der Waals surface area contributed by atoms with Gasteiger partial charge in [-0.2, -0.15) is 8.42 Å². The molecule has 0 aliphatic heterocycles. The van der Waals surface area contributed by atoms with Crippen molar-refractivity contribution in [2.45, 2.75) is 46.6 Å². The van der Waals surface area contributed by atoms with Gasteiger partial charge in [0.1, 0.15) is 0 Å². The first-order chi connectivity index (χ1) is 15.6. The summed E-state index contributed by atoms with van der Waals surface area (Å²) in [5.74, 6) is -0.256. The SMILES string of the molecule is CCOC(=O)Cc1cnc(OS(C)(=O)=O)c(-c2ccc(C)cc2CN(CC)C(=O)C2CC2)c1. The van der Waals surface area contributed by atoms with E-state index >= 15 is 0 Å². The average molecular weight is 475 g/mol. The Hall–Kier alpha value is -2.94. The molecular formula is C24H30N2O6S. The number of aryl methyl sites for hydroxylation is 1. The first kappa shape index (κ1) is 24.7. The molecule has 1 saturated carbocycles. The predicted molar refractivity (Wildman–Crippen MR) is 124 cm³/mol. The van der Waals surface area contributed by atoms with Crippen molar-refractivity contribution in [1.29, 1.82) is 0 Å². The number of aromatic nitrogens is 1. The summed E-state index contributed by atoms with van der Waals surface area (Å²) in [7, 11) is -3.84. The summed E-state index contributed by atoms with van der Waals surface area (Å²) in [6, 6.07) is 7.43. The summed E-state index contributed by atoms with van der Waals surface area (Å²) in [6.45, 7) is 6.83. The summed E-state index contributed by atoms with van der Waals surface area (Å²) < 4.78 is 34.0. The fourth-order valence-electron chi connectivity index (χ4n) is 3.63. The molecule has 2 aromatic rings. The van der Waals surface area contributed by atoms with Crippen LogP contribution in [0.5, 0.6) is 5.88 Å². The number of ether oxygens (including phenoxy) is 1. The number of carbonyl (C=O) groups is 2. The molecule has 1 aliphatic rings. The van der Waals surface area contributed by atoms with E-state index in [1.807, 2.05) is 36.9 Å². The minimum atomic E-state index is -3.84. The number of rotatable bonds is 10. The Bertz CT molecular complexity index is 1140. The largest absolute Gasteiger partial charge is 0.466 e. The third-order valence-electron chi connectivity index (χ3n) is 5.32. The molecule has 0 spiro atoms. The minimum Gasteiger partial charge on any atom is -0.466 e. The first-order valence-corrected chi connectivity index (χ1v) is 12.9. The van der Waals surface area contributed by atoms with Crippen LogP contribution in [0.2, 0.25) is 0 Å². The van der Waals surface area contributed by atoms with Gasteiger partial charge in [0.15, 0.2) is 0 Å². The zero-order valence-corrected chi connectivity index (χ0v) is 20.3. The molecule has 9 heteroatoms. The Morgan fingerprint density at radius 2 is 1.88 bits per heavy atom. The van der Waals surface area contributed by atoms with Gasteiger partial charge in [-0.15, -0.1) is 0 Å². The van der Waals surface area contributed by atoms with Crippen molar-refractivity contribution in [2.24, 2.45) is 5.92 Å². The van der Waals surface area contributed by atoms with Crippen LogP contribution in [0, 0.1) is 12.8 Å². The summed E-state index contributed by atoms with van der Waals surface area (Å²) in [5, 5.41) is 0. The number of hydrogen-bond acceptors (Lipinski definition) is 7. The Morgan fingerprint density at radius 1 is 1.15 bits per heavy atom. The molecule has 1 amide bonds. The Morgan fingerprint density at radius 3 is 2.48 bits per heavy atom. The highest BCUT2D eigenvalue weighted by Gasteiger charge is 2.33. The van der Waals surface area contributed by atoms with E-state index in [4.69, 9.17) is 8.92 Å². The molecule has 178 valence electrons. The van der Waals surface area contributed by atoms with Crippen LogP contribution in [0.25, 0.3) is 11.1 Å². The molecule has 0 saturated heterocycles. The van der Waals surface area contributed by atoms with Crippen molar-refractivity contribution >= 4 is 22.0 Å². The number of hydrogen-bond donors (Lipinski definition) is 0. The maximum absolute atomic E-state index is 12.7. The third kappa shape index (κ3) is 6.77. The molecule has 0 N–H and O–H groups in total. The molecule has 0 unspecified atom stereocenters. The first-order valence-electron chi connectivity index (χ1n) is 11.0. The molecule has 1 aromatic heterocycles. The summed E-state index contributed by atoms with van der Waals surface area (Å²) in [6.07, 6.45) is 4.19. The van der Waals surface area contributed by atoms with Crippen LogP contribution in [0.4, 0.5) is 0 Å². The molecule has 0 bridgehead atoms. The zero-order valence-electron chi connectivity index (χ0n) is 19.5. The van der Waals surface area contributed by atoms with Gasteiger partial charge in [-0.1, -0.05) is 23.8 Å². The highest BCUT2D eigenvalue weighted by molar-refractivity contribution is 7.86. The lowest BCUT2D eigenvalue weighted by Crippen LogP contribution is -2.31. The lowest BCUT2D eigenvalue weighted by molar-refractivity contribution is -0.142. The van der Waals surface area contributed by atoms with Gasteiger partial charge >= 0.3 is 16.1 Å². The Kier molecular flexibility index (Phi) is 7.73. The van der Waals surface area contributed by atoms with E-state index in [9.17, 15) is 18.0 Å². The molecule has 8 nitrogen and oxygen atoms in total. The molecule has 1 aromatic carbocycles. The van der Waals surface area contributed by atoms with Crippen molar-refractivity contribution in [3.63, 3.8) is 0 Å². The number of carbonyl (C=O) groups excluding carboxylic acids is 2. The van der Waals surface area contributed by atoms with Gasteiger partial charge in [0.25, 0.3) is 0 Å². The van der Waals surface area contributed by atoms with Gasteiger partial charge in [-0.25, -0.2) is 4.98 Å². The summed E-state index contributed by atoms with van der Waals surface area (Å²) in [5.41, 5.74) is 3.55. The van der Waals surface area contributed by atoms with Crippen molar-refractivity contribution in [2.75, 3.05) is 19.4 Å². The second kappa shape index (κ2) is 10.3. The number of esters is 1.